The molecule has 0 bridgehead atoms. The summed E-state index contributed by atoms with van der Waals surface area (Å²) >= 11 is 0. The quantitative estimate of drug-likeness (QED) is 0.109. The fraction of sp³-hybridized carbons (Fsp3) is 0.0870. The van der Waals surface area contributed by atoms with Gasteiger partial charge in [0.2, 0.25) is 5.84 Å². The predicted octanol–water partition coefficient (Wildman–Crippen LogP) is 6.26. The van der Waals surface area contributed by atoms with Gasteiger partial charge in [0, 0.05) is 23.8 Å². The number of nitro groups is 2. The number of benzene rings is 3. The van der Waals surface area contributed by atoms with E-state index in [2.05, 4.69) is 27.3 Å². The molecule has 11 nitrogen and oxygen atoms in total. The molecule has 3 rings (SSSR count). The highest BCUT2D eigenvalue weighted by molar-refractivity contribution is 5.99. The summed E-state index contributed by atoms with van der Waals surface area (Å²) < 4.78 is 5.17. The summed E-state index contributed by atoms with van der Waals surface area (Å²) in [6, 6.07) is 18.7. The van der Waals surface area contributed by atoms with Crippen molar-refractivity contribution in [2.75, 3.05) is 12.5 Å². The Kier molecular flexibility index (Phi) is 9.54. The number of amidine groups is 1. The first-order valence-corrected chi connectivity index (χ1v) is 9.84. The van der Waals surface area contributed by atoms with Crippen LogP contribution in [0, 0.1) is 20.2 Å². The van der Waals surface area contributed by atoms with Crippen LogP contribution in [0.3, 0.4) is 0 Å². The van der Waals surface area contributed by atoms with Crippen molar-refractivity contribution >= 4 is 28.6 Å². The summed E-state index contributed by atoms with van der Waals surface area (Å²) in [7, 11) is 1.38. The first-order valence-electron chi connectivity index (χ1n) is 9.84. The number of ether oxygens (including phenoxy) is 1. The molecule has 0 aliphatic rings. The second kappa shape index (κ2) is 12.8. The SMILES string of the molecule is C=CC.COc1cc([N+](=O)[O-])ccc1N=N/C(=N\Nc1ccc([N+](=O)[O-])cc1)c1ccccc1. The van der Waals surface area contributed by atoms with Gasteiger partial charge in [-0.25, -0.2) is 0 Å². The molecule has 0 heterocycles. The minimum absolute atomic E-state index is 0.0391. The number of methoxy groups -OCH3 is 1. The Morgan fingerprint density at radius 1 is 0.971 bits per heavy atom. The average Bonchev–Trinajstić information content (AvgIpc) is 2.85. The highest BCUT2D eigenvalue weighted by Crippen LogP contribution is 2.31. The Bertz CT molecular complexity index is 1190. The average molecular weight is 462 g/mol. The number of anilines is 1. The van der Waals surface area contributed by atoms with Crippen molar-refractivity contribution in [3.05, 3.63) is 111 Å². The number of hydrogen-bond acceptors (Lipinski definition) is 8. The zero-order valence-electron chi connectivity index (χ0n) is 18.5. The number of hydrazone groups is 1. The van der Waals surface area contributed by atoms with Crippen LogP contribution in [0.2, 0.25) is 0 Å². The van der Waals surface area contributed by atoms with Crippen molar-refractivity contribution in [1.82, 2.24) is 0 Å². The fourth-order valence-corrected chi connectivity index (χ4v) is 2.47. The van der Waals surface area contributed by atoms with E-state index in [-0.39, 0.29) is 28.6 Å². The van der Waals surface area contributed by atoms with Crippen LogP contribution in [0.1, 0.15) is 12.5 Å². The van der Waals surface area contributed by atoms with Gasteiger partial charge in [0.1, 0.15) is 5.69 Å². The van der Waals surface area contributed by atoms with E-state index >= 15 is 0 Å². The second-order valence-corrected chi connectivity index (χ2v) is 6.44. The smallest absolute Gasteiger partial charge is 0.273 e. The molecule has 0 atom stereocenters. The molecule has 0 amide bonds. The third-order valence-corrected chi connectivity index (χ3v) is 4.03. The summed E-state index contributed by atoms with van der Waals surface area (Å²) in [6.07, 6.45) is 1.75. The van der Waals surface area contributed by atoms with Crippen LogP contribution < -0.4 is 10.2 Å². The maximum atomic E-state index is 10.9. The first-order chi connectivity index (χ1) is 16.4. The molecule has 0 unspecified atom stereocenters. The zero-order chi connectivity index (χ0) is 24.9. The van der Waals surface area contributed by atoms with E-state index in [1.165, 1.54) is 49.6 Å². The van der Waals surface area contributed by atoms with Gasteiger partial charge in [-0.1, -0.05) is 36.4 Å². The zero-order valence-corrected chi connectivity index (χ0v) is 18.5. The number of azo groups is 1. The fourth-order valence-electron chi connectivity index (χ4n) is 2.47. The van der Waals surface area contributed by atoms with E-state index in [0.29, 0.717) is 11.3 Å². The molecule has 0 fully saturated rings. The molecule has 174 valence electrons. The van der Waals surface area contributed by atoms with Crippen LogP contribution in [-0.2, 0) is 0 Å². The largest absolute Gasteiger partial charge is 0.494 e. The molecule has 11 heteroatoms. The van der Waals surface area contributed by atoms with E-state index < -0.39 is 9.85 Å². The molecule has 3 aromatic rings. The molecule has 0 aromatic heterocycles. The van der Waals surface area contributed by atoms with Gasteiger partial charge in [0.15, 0.2) is 5.75 Å². The summed E-state index contributed by atoms with van der Waals surface area (Å²) in [5.74, 6) is 0.410. The molecular formula is C23H22N6O5. The normalized spacial score (nSPS) is 10.7. The molecule has 0 aliphatic heterocycles. The van der Waals surface area contributed by atoms with Crippen molar-refractivity contribution in [2.45, 2.75) is 6.92 Å². The molecule has 0 radical (unpaired) electrons. The van der Waals surface area contributed by atoms with Crippen molar-refractivity contribution < 1.29 is 14.6 Å². The standard InChI is InChI=1S/C20H16N6O5.C3H6/c1-31-19-13-17(26(29)30)11-12-18(19)22-24-20(14-5-3-2-4-6-14)23-21-15-7-9-16(10-8-15)25(27)28;1-3-2/h2-13,21H,1H3;3H,1H2,2H3/b23-20-,24-22?;. The van der Waals surface area contributed by atoms with Crippen molar-refractivity contribution in [2.24, 2.45) is 15.3 Å². The van der Waals surface area contributed by atoms with E-state index in [0.717, 1.165) is 0 Å². The Labute approximate surface area is 195 Å². The van der Waals surface area contributed by atoms with Crippen LogP contribution in [0.15, 0.2) is 101 Å². The number of nitrogens with one attached hydrogen (secondary N) is 1. The molecule has 0 spiro atoms. The van der Waals surface area contributed by atoms with E-state index in [9.17, 15) is 20.2 Å². The van der Waals surface area contributed by atoms with E-state index in [1.807, 2.05) is 13.0 Å². The molecule has 34 heavy (non-hydrogen) atoms. The lowest BCUT2D eigenvalue weighted by molar-refractivity contribution is -0.385. The molecule has 0 aliphatic carbocycles. The van der Waals surface area contributed by atoms with Crippen LogP contribution in [0.25, 0.3) is 0 Å². The Morgan fingerprint density at radius 3 is 2.12 bits per heavy atom. The van der Waals surface area contributed by atoms with E-state index in [1.54, 1.807) is 30.3 Å². The summed E-state index contributed by atoms with van der Waals surface area (Å²) in [5.41, 5.74) is 4.07. The van der Waals surface area contributed by atoms with E-state index in [4.69, 9.17) is 4.74 Å². The lowest BCUT2D eigenvalue weighted by Crippen LogP contribution is -2.01. The highest BCUT2D eigenvalue weighted by Gasteiger charge is 2.12. The number of rotatable bonds is 7. The first kappa shape index (κ1) is 25.3. The number of allylic oxidation sites excluding steroid dienone is 1. The second-order valence-electron chi connectivity index (χ2n) is 6.44. The van der Waals surface area contributed by atoms with Gasteiger partial charge < -0.3 is 4.74 Å². The lowest BCUT2D eigenvalue weighted by atomic mass is 10.2. The van der Waals surface area contributed by atoms with Crippen LogP contribution in [0.4, 0.5) is 22.7 Å². The number of nitro benzene ring substituents is 2. The third-order valence-electron chi connectivity index (χ3n) is 4.03. The summed E-state index contributed by atoms with van der Waals surface area (Å²) in [5, 5.41) is 34.2. The monoisotopic (exact) mass is 462 g/mol. The van der Waals surface area contributed by atoms with Gasteiger partial charge in [-0.2, -0.15) is 5.10 Å². The minimum atomic E-state index is -0.533. The molecular weight excluding hydrogens is 440 g/mol. The van der Waals surface area contributed by atoms with Gasteiger partial charge in [-0.3, -0.25) is 25.7 Å². The van der Waals surface area contributed by atoms with Gasteiger partial charge >= 0.3 is 0 Å². The maximum absolute atomic E-state index is 10.9. The highest BCUT2D eigenvalue weighted by atomic mass is 16.6. The van der Waals surface area contributed by atoms with Crippen LogP contribution >= 0.6 is 0 Å². The predicted molar refractivity (Wildman–Crippen MR) is 130 cm³/mol. The lowest BCUT2D eigenvalue weighted by Gasteiger charge is -2.05. The molecule has 0 saturated heterocycles. The number of nitrogens with zero attached hydrogens (tertiary/aromatic N) is 5. The van der Waals surface area contributed by atoms with Crippen LogP contribution in [0.5, 0.6) is 5.75 Å². The van der Waals surface area contributed by atoms with Gasteiger partial charge in [-0.15, -0.1) is 16.8 Å². The Balaban J connectivity index is 0.00000129. The molecule has 1 N–H and O–H groups in total. The van der Waals surface area contributed by atoms with Crippen molar-refractivity contribution in [3.8, 4) is 5.75 Å². The van der Waals surface area contributed by atoms with Crippen molar-refractivity contribution in [1.29, 1.82) is 0 Å². The maximum Gasteiger partial charge on any atom is 0.273 e. The molecule has 3 aromatic carbocycles. The van der Waals surface area contributed by atoms with Crippen LogP contribution in [-0.4, -0.2) is 22.8 Å². The Morgan fingerprint density at radius 2 is 1.56 bits per heavy atom. The third kappa shape index (κ3) is 7.34. The minimum Gasteiger partial charge on any atom is -0.494 e. The summed E-state index contributed by atoms with van der Waals surface area (Å²) in [4.78, 5) is 20.7. The summed E-state index contributed by atoms with van der Waals surface area (Å²) in [6.45, 7) is 5.25. The molecule has 0 saturated carbocycles. The van der Waals surface area contributed by atoms with Gasteiger partial charge in [0.05, 0.1) is 28.7 Å². The Hall–Kier alpha value is -4.93. The van der Waals surface area contributed by atoms with Gasteiger partial charge in [0.25, 0.3) is 11.4 Å². The van der Waals surface area contributed by atoms with Crippen molar-refractivity contribution in [3.63, 3.8) is 0 Å². The number of non-ortho nitro benzene ring substituents is 2. The number of hydrogen-bond donors (Lipinski definition) is 1. The van der Waals surface area contributed by atoms with Gasteiger partial charge in [-0.05, 0) is 25.1 Å². The topological polar surface area (TPSA) is 145 Å².